The molecule has 1 atom stereocenters. The predicted molar refractivity (Wildman–Crippen MR) is 85.8 cm³/mol. The number of hydrogen-bond acceptors (Lipinski definition) is 3. The van der Waals surface area contributed by atoms with Gasteiger partial charge in [-0.2, -0.15) is 0 Å². The largest absolute Gasteiger partial charge is 0.370 e. The van der Waals surface area contributed by atoms with Gasteiger partial charge in [0.25, 0.3) is 0 Å². The fraction of sp³-hybridized carbons (Fsp3) is 0.400. The van der Waals surface area contributed by atoms with Gasteiger partial charge in [-0.3, -0.25) is 14.6 Å². The molecule has 0 aliphatic heterocycles. The van der Waals surface area contributed by atoms with Gasteiger partial charge in [0, 0.05) is 19.4 Å². The zero-order valence-corrected chi connectivity index (χ0v) is 12.5. The van der Waals surface area contributed by atoms with Gasteiger partial charge in [0.15, 0.2) is 5.96 Å². The van der Waals surface area contributed by atoms with Crippen LogP contribution in [0.25, 0.3) is 0 Å². The van der Waals surface area contributed by atoms with Crippen molar-refractivity contribution in [3.05, 3.63) is 35.9 Å². The standard InChI is InChI=1S/C15H23N5O2/c16-14(22)12(10-11-6-2-1-3-7-11)20-13(21)8-4-5-9-19-15(17)18/h1-3,6-7,12H,4-5,8-10H2,(H2,16,22)(H,20,21)(H4,17,18,19)/t12-/m0/s1. The molecule has 0 saturated carbocycles. The molecule has 0 unspecified atom stereocenters. The first-order valence-electron chi connectivity index (χ1n) is 7.17. The molecular formula is C15H23N5O2. The molecular weight excluding hydrogens is 282 g/mol. The lowest BCUT2D eigenvalue weighted by Gasteiger charge is -2.15. The average Bonchev–Trinajstić information content (AvgIpc) is 2.47. The molecule has 1 aromatic carbocycles. The van der Waals surface area contributed by atoms with E-state index < -0.39 is 11.9 Å². The summed E-state index contributed by atoms with van der Waals surface area (Å²) in [7, 11) is 0. The number of aliphatic imine (C=N–C) groups is 1. The number of amides is 2. The van der Waals surface area contributed by atoms with E-state index in [4.69, 9.17) is 17.2 Å². The van der Waals surface area contributed by atoms with Crippen LogP contribution in [-0.4, -0.2) is 30.4 Å². The summed E-state index contributed by atoms with van der Waals surface area (Å²) in [6, 6.07) is 8.71. The van der Waals surface area contributed by atoms with Crippen molar-refractivity contribution >= 4 is 17.8 Å². The maximum Gasteiger partial charge on any atom is 0.240 e. The molecule has 1 aromatic rings. The number of hydrogen-bond donors (Lipinski definition) is 4. The lowest BCUT2D eigenvalue weighted by Crippen LogP contribution is -2.45. The Bertz CT molecular complexity index is 512. The first-order valence-corrected chi connectivity index (χ1v) is 7.17. The van der Waals surface area contributed by atoms with Crippen molar-refractivity contribution in [1.82, 2.24) is 5.32 Å². The summed E-state index contributed by atoms with van der Waals surface area (Å²) in [5.74, 6) is -0.705. The monoisotopic (exact) mass is 305 g/mol. The van der Waals surface area contributed by atoms with Crippen LogP contribution >= 0.6 is 0 Å². The minimum atomic E-state index is -0.701. The molecule has 2 amide bonds. The van der Waals surface area contributed by atoms with Crippen LogP contribution in [0.1, 0.15) is 24.8 Å². The number of benzene rings is 1. The number of carbonyl (C=O) groups excluding carboxylic acids is 2. The van der Waals surface area contributed by atoms with Crippen molar-refractivity contribution in [3.8, 4) is 0 Å². The van der Waals surface area contributed by atoms with Crippen LogP contribution in [0.3, 0.4) is 0 Å². The summed E-state index contributed by atoms with van der Waals surface area (Å²) < 4.78 is 0. The molecule has 0 aliphatic carbocycles. The molecule has 120 valence electrons. The lowest BCUT2D eigenvalue weighted by molar-refractivity contribution is -0.127. The molecule has 0 saturated heterocycles. The molecule has 0 heterocycles. The third-order valence-corrected chi connectivity index (χ3v) is 3.07. The van der Waals surface area contributed by atoms with E-state index in [9.17, 15) is 9.59 Å². The van der Waals surface area contributed by atoms with Crippen molar-refractivity contribution < 1.29 is 9.59 Å². The minimum absolute atomic E-state index is 0.0427. The Hall–Kier alpha value is -2.57. The van der Waals surface area contributed by atoms with E-state index in [1.54, 1.807) is 0 Å². The molecule has 0 aromatic heterocycles. The van der Waals surface area contributed by atoms with Gasteiger partial charge in [0.1, 0.15) is 6.04 Å². The zero-order chi connectivity index (χ0) is 16.4. The van der Waals surface area contributed by atoms with Gasteiger partial charge >= 0.3 is 0 Å². The molecule has 0 spiro atoms. The SMILES string of the molecule is NC(=O)[C@H](Cc1ccccc1)NC(=O)CCCCN=C(N)N. The molecule has 7 N–H and O–H groups in total. The second-order valence-corrected chi connectivity index (χ2v) is 4.98. The number of unbranched alkanes of at least 4 members (excludes halogenated alkanes) is 1. The van der Waals surface area contributed by atoms with E-state index in [1.807, 2.05) is 30.3 Å². The van der Waals surface area contributed by atoms with Crippen molar-refractivity contribution in [2.75, 3.05) is 6.54 Å². The summed E-state index contributed by atoms with van der Waals surface area (Å²) in [5, 5.41) is 2.67. The molecule has 7 nitrogen and oxygen atoms in total. The third-order valence-electron chi connectivity index (χ3n) is 3.07. The molecule has 1 rings (SSSR count). The Morgan fingerprint density at radius 1 is 1.09 bits per heavy atom. The van der Waals surface area contributed by atoms with E-state index >= 15 is 0 Å². The highest BCUT2D eigenvalue weighted by Crippen LogP contribution is 2.04. The van der Waals surface area contributed by atoms with Crippen LogP contribution in [0.5, 0.6) is 0 Å². The fourth-order valence-electron chi connectivity index (χ4n) is 1.94. The quantitative estimate of drug-likeness (QED) is 0.281. The number of nitrogens with two attached hydrogens (primary N) is 3. The van der Waals surface area contributed by atoms with Gasteiger partial charge in [-0.05, 0) is 18.4 Å². The highest BCUT2D eigenvalue weighted by Gasteiger charge is 2.18. The van der Waals surface area contributed by atoms with E-state index in [0.29, 0.717) is 32.2 Å². The van der Waals surface area contributed by atoms with E-state index in [-0.39, 0.29) is 11.9 Å². The third kappa shape index (κ3) is 7.28. The van der Waals surface area contributed by atoms with Gasteiger partial charge in [0.2, 0.25) is 11.8 Å². The van der Waals surface area contributed by atoms with Crippen LogP contribution < -0.4 is 22.5 Å². The lowest BCUT2D eigenvalue weighted by atomic mass is 10.1. The first kappa shape index (κ1) is 17.5. The molecule has 0 radical (unpaired) electrons. The summed E-state index contributed by atoms with van der Waals surface area (Å²) in [5.41, 5.74) is 16.7. The summed E-state index contributed by atoms with van der Waals surface area (Å²) in [4.78, 5) is 27.1. The predicted octanol–water partition coefficient (Wildman–Crippen LogP) is -0.357. The molecule has 22 heavy (non-hydrogen) atoms. The second-order valence-electron chi connectivity index (χ2n) is 4.98. The highest BCUT2D eigenvalue weighted by molar-refractivity contribution is 5.86. The minimum Gasteiger partial charge on any atom is -0.370 e. The zero-order valence-electron chi connectivity index (χ0n) is 12.5. The van der Waals surface area contributed by atoms with Crippen molar-refractivity contribution in [1.29, 1.82) is 0 Å². The van der Waals surface area contributed by atoms with Gasteiger partial charge in [-0.1, -0.05) is 30.3 Å². The number of guanidine groups is 1. The topological polar surface area (TPSA) is 137 Å². The van der Waals surface area contributed by atoms with Crippen LogP contribution in [0.2, 0.25) is 0 Å². The molecule has 0 bridgehead atoms. The van der Waals surface area contributed by atoms with Crippen molar-refractivity contribution in [3.63, 3.8) is 0 Å². The van der Waals surface area contributed by atoms with Gasteiger partial charge in [-0.15, -0.1) is 0 Å². The summed E-state index contributed by atoms with van der Waals surface area (Å²) in [6.07, 6.45) is 2.03. The van der Waals surface area contributed by atoms with Gasteiger partial charge < -0.3 is 22.5 Å². The van der Waals surface area contributed by atoms with E-state index in [1.165, 1.54) is 0 Å². The van der Waals surface area contributed by atoms with Crippen molar-refractivity contribution in [2.45, 2.75) is 31.7 Å². The maximum absolute atomic E-state index is 11.8. The van der Waals surface area contributed by atoms with E-state index in [2.05, 4.69) is 10.3 Å². The Morgan fingerprint density at radius 3 is 2.36 bits per heavy atom. The highest BCUT2D eigenvalue weighted by atomic mass is 16.2. The summed E-state index contributed by atoms with van der Waals surface area (Å²) in [6.45, 7) is 0.485. The Balaban J connectivity index is 2.38. The smallest absolute Gasteiger partial charge is 0.240 e. The molecule has 7 heteroatoms. The molecule has 0 fully saturated rings. The number of carbonyl (C=O) groups is 2. The number of nitrogens with one attached hydrogen (secondary N) is 1. The number of nitrogens with zero attached hydrogens (tertiary/aromatic N) is 1. The normalized spacial score (nSPS) is 11.5. The molecule has 0 aliphatic rings. The van der Waals surface area contributed by atoms with Crippen LogP contribution in [-0.2, 0) is 16.0 Å². The Morgan fingerprint density at radius 2 is 1.77 bits per heavy atom. The summed E-state index contributed by atoms with van der Waals surface area (Å²) >= 11 is 0. The Labute approximate surface area is 130 Å². The van der Waals surface area contributed by atoms with Crippen LogP contribution in [0.15, 0.2) is 35.3 Å². The second kappa shape index (κ2) is 9.38. The Kier molecular flexibility index (Phi) is 7.45. The first-order chi connectivity index (χ1) is 10.5. The fourth-order valence-corrected chi connectivity index (χ4v) is 1.94. The van der Waals surface area contributed by atoms with Crippen LogP contribution in [0.4, 0.5) is 0 Å². The van der Waals surface area contributed by atoms with Gasteiger partial charge in [0.05, 0.1) is 0 Å². The maximum atomic E-state index is 11.8. The number of primary amides is 1. The number of rotatable bonds is 9. The van der Waals surface area contributed by atoms with E-state index in [0.717, 1.165) is 5.56 Å². The van der Waals surface area contributed by atoms with Crippen LogP contribution in [0, 0.1) is 0 Å². The average molecular weight is 305 g/mol. The van der Waals surface area contributed by atoms with Gasteiger partial charge in [-0.25, -0.2) is 0 Å². The van der Waals surface area contributed by atoms with Crippen molar-refractivity contribution in [2.24, 2.45) is 22.2 Å².